The first-order valence-corrected chi connectivity index (χ1v) is 11.8. The van der Waals surface area contributed by atoms with Gasteiger partial charge in [0.25, 0.3) is 0 Å². The Kier molecular flexibility index (Phi) is 10.2. The molecule has 1 saturated heterocycles. The zero-order chi connectivity index (χ0) is 30.5. The number of hydrogen-bond donors (Lipinski definition) is 2. The number of aliphatic carboxylic acids is 2. The minimum Gasteiger partial charge on any atom is -0.475 e. The summed E-state index contributed by atoms with van der Waals surface area (Å²) in [6, 6.07) is 10.6. The van der Waals surface area contributed by atoms with E-state index in [4.69, 9.17) is 24.8 Å². The molecular formula is C24H29F6N5O5. The number of carboxylic acids is 2. The van der Waals surface area contributed by atoms with Crippen LogP contribution in [0, 0.1) is 0 Å². The summed E-state index contributed by atoms with van der Waals surface area (Å²) in [5, 5.41) is 14.2. The monoisotopic (exact) mass is 581 g/mol. The third-order valence-electron chi connectivity index (χ3n) is 6.46. The van der Waals surface area contributed by atoms with Crippen molar-refractivity contribution < 1.29 is 50.9 Å². The van der Waals surface area contributed by atoms with E-state index in [2.05, 4.69) is 40.8 Å². The number of fused-ring (bicyclic) bond motifs is 2. The third-order valence-corrected chi connectivity index (χ3v) is 6.46. The molecule has 0 aliphatic carbocycles. The zero-order valence-corrected chi connectivity index (χ0v) is 21.8. The zero-order valence-electron chi connectivity index (χ0n) is 21.8. The molecule has 1 aromatic carbocycles. The number of carboxylic acid groups (broad SMARTS) is 2. The van der Waals surface area contributed by atoms with Crippen LogP contribution in [0.5, 0.6) is 0 Å². The van der Waals surface area contributed by atoms with E-state index in [1.165, 1.54) is 11.3 Å². The fraction of sp³-hybridized carbons (Fsp3) is 0.500. The van der Waals surface area contributed by atoms with Crippen LogP contribution in [0.3, 0.4) is 0 Å². The van der Waals surface area contributed by atoms with Crippen LogP contribution in [0.15, 0.2) is 36.5 Å². The lowest BCUT2D eigenvalue weighted by atomic mass is 9.83. The highest BCUT2D eigenvalue weighted by atomic mass is 19.4. The summed E-state index contributed by atoms with van der Waals surface area (Å²) in [4.78, 5) is 41.0. The van der Waals surface area contributed by atoms with Crippen LogP contribution in [-0.2, 0) is 21.7 Å². The lowest BCUT2D eigenvalue weighted by Crippen LogP contribution is -2.57. The highest BCUT2D eigenvalue weighted by Crippen LogP contribution is 2.41. The van der Waals surface area contributed by atoms with Gasteiger partial charge in [-0.05, 0) is 25.5 Å². The van der Waals surface area contributed by atoms with Crippen LogP contribution < -0.4 is 0 Å². The van der Waals surface area contributed by atoms with Gasteiger partial charge in [-0.25, -0.2) is 19.4 Å². The lowest BCUT2D eigenvalue weighted by molar-refractivity contribution is -0.193. The molecular weight excluding hydrogens is 552 g/mol. The molecule has 1 spiro atoms. The summed E-state index contributed by atoms with van der Waals surface area (Å²) in [6.45, 7) is 3.51. The largest absolute Gasteiger partial charge is 0.490 e. The summed E-state index contributed by atoms with van der Waals surface area (Å²) >= 11 is 0. The highest BCUT2D eigenvalue weighted by molar-refractivity contribution is 5.74. The van der Waals surface area contributed by atoms with Crippen molar-refractivity contribution in [2.24, 2.45) is 0 Å². The number of piperidine rings is 1. The number of aromatic nitrogens is 2. The van der Waals surface area contributed by atoms with Gasteiger partial charge in [-0.1, -0.05) is 30.3 Å². The average molecular weight is 582 g/mol. The molecule has 3 heterocycles. The number of urea groups is 1. The van der Waals surface area contributed by atoms with Gasteiger partial charge in [0, 0.05) is 40.3 Å². The van der Waals surface area contributed by atoms with Crippen molar-refractivity contribution in [3.63, 3.8) is 0 Å². The second-order valence-corrected chi connectivity index (χ2v) is 9.21. The van der Waals surface area contributed by atoms with Crippen molar-refractivity contribution in [3.8, 4) is 11.3 Å². The van der Waals surface area contributed by atoms with Gasteiger partial charge in [-0.2, -0.15) is 26.3 Å². The average Bonchev–Trinajstić information content (AvgIpc) is 3.32. The Morgan fingerprint density at radius 3 is 1.77 bits per heavy atom. The van der Waals surface area contributed by atoms with Crippen LogP contribution in [0.4, 0.5) is 31.1 Å². The van der Waals surface area contributed by atoms with Gasteiger partial charge in [0.1, 0.15) is 5.82 Å². The van der Waals surface area contributed by atoms with Crippen LogP contribution in [0.2, 0.25) is 0 Å². The van der Waals surface area contributed by atoms with Gasteiger partial charge in [-0.3, -0.25) is 4.90 Å². The molecule has 1 fully saturated rings. The van der Waals surface area contributed by atoms with Gasteiger partial charge < -0.3 is 24.6 Å². The minimum atomic E-state index is -5.08. The molecule has 0 saturated carbocycles. The fourth-order valence-electron chi connectivity index (χ4n) is 4.40. The van der Waals surface area contributed by atoms with E-state index in [0.29, 0.717) is 0 Å². The molecule has 0 bridgehead atoms. The summed E-state index contributed by atoms with van der Waals surface area (Å²) in [5.74, 6) is -4.36. The van der Waals surface area contributed by atoms with E-state index < -0.39 is 24.3 Å². The number of likely N-dealkylation sites (tertiary alicyclic amines) is 1. The molecule has 0 unspecified atom stereocenters. The number of benzene rings is 1. The molecule has 2 aliphatic heterocycles. The van der Waals surface area contributed by atoms with E-state index in [1.54, 1.807) is 4.90 Å². The second-order valence-electron chi connectivity index (χ2n) is 9.21. The van der Waals surface area contributed by atoms with Crippen molar-refractivity contribution >= 4 is 18.0 Å². The molecule has 222 valence electrons. The number of hydrogen-bond acceptors (Lipinski definition) is 5. The maximum absolute atomic E-state index is 12.3. The number of amides is 2. The Hall–Kier alpha value is -3.82. The van der Waals surface area contributed by atoms with Gasteiger partial charge in [0.2, 0.25) is 0 Å². The van der Waals surface area contributed by atoms with E-state index in [0.717, 1.165) is 44.8 Å². The van der Waals surface area contributed by atoms with Crippen molar-refractivity contribution in [2.75, 3.05) is 40.8 Å². The molecule has 10 nitrogen and oxygen atoms in total. The van der Waals surface area contributed by atoms with Crippen LogP contribution in [0.1, 0.15) is 18.7 Å². The number of carbonyl (C=O) groups excluding carboxylic acids is 1. The summed E-state index contributed by atoms with van der Waals surface area (Å²) in [7, 11) is 5.83. The number of carbonyl (C=O) groups is 3. The minimum absolute atomic E-state index is 0.0750. The van der Waals surface area contributed by atoms with Crippen LogP contribution >= 0.6 is 0 Å². The summed E-state index contributed by atoms with van der Waals surface area (Å²) < 4.78 is 65.9. The predicted octanol–water partition coefficient (Wildman–Crippen LogP) is 3.73. The summed E-state index contributed by atoms with van der Waals surface area (Å²) in [5.41, 5.74) is 2.33. The number of halogens is 6. The first-order valence-electron chi connectivity index (χ1n) is 11.8. The first-order chi connectivity index (χ1) is 18.4. The van der Waals surface area contributed by atoms with Gasteiger partial charge in [0.05, 0.1) is 17.4 Å². The second kappa shape index (κ2) is 12.6. The van der Waals surface area contributed by atoms with E-state index in [9.17, 15) is 31.1 Å². The normalized spacial score (nSPS) is 16.6. The summed E-state index contributed by atoms with van der Waals surface area (Å²) in [6.07, 6.45) is -6.30. The molecule has 2 N–H and O–H groups in total. The smallest absolute Gasteiger partial charge is 0.475 e. The molecule has 4 rings (SSSR count). The SMILES string of the molecule is CN(C)C(=O)N1CCC2(CC1)c1ncc(-c3ccccc3)n1CCN2C.O=C(O)C(F)(F)F.O=C(O)C(F)(F)F. The van der Waals surface area contributed by atoms with Crippen molar-refractivity contribution in [2.45, 2.75) is 37.3 Å². The van der Waals surface area contributed by atoms with E-state index in [1.807, 2.05) is 31.3 Å². The lowest BCUT2D eigenvalue weighted by Gasteiger charge is -2.49. The Balaban J connectivity index is 0.000000333. The van der Waals surface area contributed by atoms with Gasteiger partial charge >= 0.3 is 30.3 Å². The third kappa shape index (κ3) is 7.64. The van der Waals surface area contributed by atoms with Crippen molar-refractivity contribution in [1.82, 2.24) is 24.3 Å². The quantitative estimate of drug-likeness (QED) is 0.493. The van der Waals surface area contributed by atoms with Crippen LogP contribution in [0.25, 0.3) is 11.3 Å². The molecule has 2 aromatic rings. The molecule has 40 heavy (non-hydrogen) atoms. The van der Waals surface area contributed by atoms with Crippen LogP contribution in [-0.4, -0.2) is 106 Å². The number of imidazole rings is 1. The van der Waals surface area contributed by atoms with E-state index >= 15 is 0 Å². The Morgan fingerprint density at radius 1 is 0.875 bits per heavy atom. The number of alkyl halides is 6. The predicted molar refractivity (Wildman–Crippen MR) is 129 cm³/mol. The van der Waals surface area contributed by atoms with Crippen molar-refractivity contribution in [1.29, 1.82) is 0 Å². The molecule has 2 aliphatic rings. The molecule has 2 amide bonds. The number of likely N-dealkylation sites (N-methyl/N-ethyl adjacent to an activating group) is 1. The molecule has 0 atom stereocenters. The van der Waals surface area contributed by atoms with Gasteiger partial charge in [0.15, 0.2) is 0 Å². The fourth-order valence-corrected chi connectivity index (χ4v) is 4.40. The maximum Gasteiger partial charge on any atom is 0.490 e. The Bertz CT molecular complexity index is 1150. The molecule has 16 heteroatoms. The standard InChI is InChI=1S/C20H27N5O.2C2HF3O2/c1-22(2)19(26)24-11-9-20(10-12-24)18-21-15-17(16-7-5-4-6-8-16)25(18)14-13-23(20)3;2*3-2(4,5)1(6)7/h4-8,15H,9-14H2,1-3H3;2*(H,6,7). The van der Waals surface area contributed by atoms with E-state index in [-0.39, 0.29) is 11.6 Å². The first kappa shape index (κ1) is 32.4. The van der Waals surface area contributed by atoms with Crippen molar-refractivity contribution in [3.05, 3.63) is 42.4 Å². The highest BCUT2D eigenvalue weighted by Gasteiger charge is 2.46. The Morgan fingerprint density at radius 2 is 1.35 bits per heavy atom. The topological polar surface area (TPSA) is 119 Å². The molecule has 1 aromatic heterocycles. The maximum atomic E-state index is 12.3. The number of nitrogens with zero attached hydrogens (tertiary/aromatic N) is 5. The van der Waals surface area contributed by atoms with Gasteiger partial charge in [-0.15, -0.1) is 0 Å². The number of rotatable bonds is 1. The molecule has 0 radical (unpaired) electrons. The Labute approximate surface area is 225 Å².